The minimum Gasteiger partial charge on any atom is -0.396 e. The van der Waals surface area contributed by atoms with Crippen molar-refractivity contribution in [3.05, 3.63) is 11.9 Å². The molecule has 0 fully saturated rings. The monoisotopic (exact) mass is 238 g/mol. The summed E-state index contributed by atoms with van der Waals surface area (Å²) >= 11 is 0. The molecule has 4 N–H and O–H groups in total. The largest absolute Gasteiger partial charge is 0.396 e. The summed E-state index contributed by atoms with van der Waals surface area (Å²) in [6.45, 7) is 5.17. The number of nitrogens with zero attached hydrogens (tertiary/aromatic N) is 2. The van der Waals surface area contributed by atoms with Gasteiger partial charge in [0.15, 0.2) is 0 Å². The van der Waals surface area contributed by atoms with Gasteiger partial charge in [0, 0.05) is 18.7 Å². The third kappa shape index (κ3) is 4.19. The highest BCUT2D eigenvalue weighted by Gasteiger charge is 2.06. The van der Waals surface area contributed by atoms with Gasteiger partial charge < -0.3 is 16.2 Å². The Kier molecular flexibility index (Phi) is 5.69. The van der Waals surface area contributed by atoms with Crippen LogP contribution in [0, 0.1) is 5.92 Å². The number of nitrogens with two attached hydrogens (primary N) is 1. The Balaban J connectivity index is 2.44. The summed E-state index contributed by atoms with van der Waals surface area (Å²) in [5.74, 6) is 1.74. The first-order valence-electron chi connectivity index (χ1n) is 6.13. The Morgan fingerprint density at radius 2 is 2.24 bits per heavy atom. The molecule has 96 valence electrons. The Hall–Kier alpha value is -1.36. The molecule has 0 amide bonds. The van der Waals surface area contributed by atoms with E-state index in [1.165, 1.54) is 6.33 Å². The highest BCUT2D eigenvalue weighted by molar-refractivity contribution is 5.54. The molecule has 0 saturated carbocycles. The van der Waals surface area contributed by atoms with E-state index in [9.17, 15) is 0 Å². The lowest BCUT2D eigenvalue weighted by Crippen LogP contribution is -2.10. The predicted octanol–water partition coefficient (Wildman–Crippen LogP) is 1.44. The molecule has 0 radical (unpaired) electrons. The number of nitrogens with one attached hydrogen (secondary N) is 1. The van der Waals surface area contributed by atoms with E-state index in [0.717, 1.165) is 37.2 Å². The molecule has 1 rings (SSSR count). The number of hydrogen-bond acceptors (Lipinski definition) is 5. The van der Waals surface area contributed by atoms with Crippen molar-refractivity contribution in [2.45, 2.75) is 33.1 Å². The molecule has 1 unspecified atom stereocenters. The van der Waals surface area contributed by atoms with Crippen molar-refractivity contribution in [1.82, 2.24) is 9.97 Å². The Labute approximate surface area is 102 Å². The molecule has 0 aliphatic rings. The van der Waals surface area contributed by atoms with Crippen LogP contribution in [0.4, 0.5) is 11.6 Å². The van der Waals surface area contributed by atoms with Crippen LogP contribution in [0.15, 0.2) is 6.33 Å². The fourth-order valence-corrected chi connectivity index (χ4v) is 1.68. The van der Waals surface area contributed by atoms with Gasteiger partial charge >= 0.3 is 0 Å². The fourth-order valence-electron chi connectivity index (χ4n) is 1.68. The van der Waals surface area contributed by atoms with Gasteiger partial charge in [-0.3, -0.25) is 0 Å². The summed E-state index contributed by atoms with van der Waals surface area (Å²) in [7, 11) is 0. The number of anilines is 2. The summed E-state index contributed by atoms with van der Waals surface area (Å²) in [6.07, 6.45) is 4.32. The maximum Gasteiger partial charge on any atom is 0.134 e. The second-order valence-corrected chi connectivity index (χ2v) is 4.30. The number of aromatic nitrogens is 2. The van der Waals surface area contributed by atoms with Gasteiger partial charge in [0.2, 0.25) is 0 Å². The van der Waals surface area contributed by atoms with Crippen molar-refractivity contribution >= 4 is 11.6 Å². The van der Waals surface area contributed by atoms with Gasteiger partial charge in [-0.15, -0.1) is 0 Å². The Bertz CT molecular complexity index is 343. The SMILES string of the molecule is CCc1c(N)ncnc1NCCCC(C)CO. The third-order valence-electron chi connectivity index (χ3n) is 2.81. The van der Waals surface area contributed by atoms with Crippen molar-refractivity contribution < 1.29 is 5.11 Å². The zero-order valence-electron chi connectivity index (χ0n) is 10.6. The van der Waals surface area contributed by atoms with E-state index in [1.807, 2.05) is 13.8 Å². The summed E-state index contributed by atoms with van der Waals surface area (Å²) in [6, 6.07) is 0. The van der Waals surface area contributed by atoms with Crippen LogP contribution in [0.25, 0.3) is 0 Å². The molecule has 0 saturated heterocycles. The number of rotatable bonds is 7. The standard InChI is InChI=1S/C12H22N4O/c1-3-10-11(13)15-8-16-12(10)14-6-4-5-9(2)7-17/h8-9,17H,3-7H2,1-2H3,(H3,13,14,15,16). The zero-order chi connectivity index (χ0) is 12.7. The van der Waals surface area contributed by atoms with Crippen molar-refractivity contribution in [2.75, 3.05) is 24.2 Å². The van der Waals surface area contributed by atoms with Crippen LogP contribution < -0.4 is 11.1 Å². The topological polar surface area (TPSA) is 84.1 Å². The molecule has 17 heavy (non-hydrogen) atoms. The first-order chi connectivity index (χ1) is 8.19. The van der Waals surface area contributed by atoms with E-state index in [2.05, 4.69) is 15.3 Å². The molecular formula is C12H22N4O. The van der Waals surface area contributed by atoms with Crippen molar-refractivity contribution in [2.24, 2.45) is 5.92 Å². The molecule has 0 spiro atoms. The number of aliphatic hydroxyl groups is 1. The van der Waals surface area contributed by atoms with Gasteiger partial charge in [-0.2, -0.15) is 0 Å². The highest BCUT2D eigenvalue weighted by Crippen LogP contribution is 2.17. The summed E-state index contributed by atoms with van der Waals surface area (Å²) < 4.78 is 0. The van der Waals surface area contributed by atoms with Crippen LogP contribution in [-0.4, -0.2) is 28.2 Å². The van der Waals surface area contributed by atoms with Crippen LogP contribution in [0.3, 0.4) is 0 Å². The Morgan fingerprint density at radius 1 is 1.47 bits per heavy atom. The van der Waals surface area contributed by atoms with Gasteiger partial charge in [0.25, 0.3) is 0 Å². The van der Waals surface area contributed by atoms with E-state index in [0.29, 0.717) is 11.7 Å². The molecule has 1 aromatic rings. The van der Waals surface area contributed by atoms with Crippen LogP contribution in [0.2, 0.25) is 0 Å². The molecule has 1 heterocycles. The second kappa shape index (κ2) is 7.06. The molecule has 1 aromatic heterocycles. The average molecular weight is 238 g/mol. The van der Waals surface area contributed by atoms with Crippen molar-refractivity contribution in [1.29, 1.82) is 0 Å². The van der Waals surface area contributed by atoms with Gasteiger partial charge in [-0.05, 0) is 25.2 Å². The first kappa shape index (κ1) is 13.7. The zero-order valence-corrected chi connectivity index (χ0v) is 10.6. The van der Waals surface area contributed by atoms with Crippen LogP contribution >= 0.6 is 0 Å². The quantitative estimate of drug-likeness (QED) is 0.626. The molecule has 0 bridgehead atoms. The smallest absolute Gasteiger partial charge is 0.134 e. The van der Waals surface area contributed by atoms with Crippen LogP contribution in [0.5, 0.6) is 0 Å². The minimum absolute atomic E-state index is 0.251. The molecular weight excluding hydrogens is 216 g/mol. The Morgan fingerprint density at radius 3 is 2.88 bits per heavy atom. The fraction of sp³-hybridized carbons (Fsp3) is 0.667. The van der Waals surface area contributed by atoms with E-state index < -0.39 is 0 Å². The van der Waals surface area contributed by atoms with Gasteiger partial charge in [0.05, 0.1) is 0 Å². The summed E-state index contributed by atoms with van der Waals surface area (Å²) in [5, 5.41) is 12.2. The summed E-state index contributed by atoms with van der Waals surface area (Å²) in [5.41, 5.74) is 6.76. The lowest BCUT2D eigenvalue weighted by atomic mass is 10.1. The minimum atomic E-state index is 0.251. The molecule has 0 aliphatic heterocycles. The lowest BCUT2D eigenvalue weighted by Gasteiger charge is -2.12. The van der Waals surface area contributed by atoms with Crippen LogP contribution in [0.1, 0.15) is 32.3 Å². The van der Waals surface area contributed by atoms with Gasteiger partial charge in [-0.1, -0.05) is 13.8 Å². The third-order valence-corrected chi connectivity index (χ3v) is 2.81. The lowest BCUT2D eigenvalue weighted by molar-refractivity contribution is 0.229. The van der Waals surface area contributed by atoms with E-state index in [-0.39, 0.29) is 6.61 Å². The van der Waals surface area contributed by atoms with Crippen LogP contribution in [-0.2, 0) is 6.42 Å². The summed E-state index contributed by atoms with van der Waals surface area (Å²) in [4.78, 5) is 8.17. The second-order valence-electron chi connectivity index (χ2n) is 4.30. The normalized spacial score (nSPS) is 12.4. The maximum atomic E-state index is 8.91. The maximum absolute atomic E-state index is 8.91. The van der Waals surface area contributed by atoms with E-state index in [1.54, 1.807) is 0 Å². The van der Waals surface area contributed by atoms with Crippen molar-refractivity contribution in [3.63, 3.8) is 0 Å². The van der Waals surface area contributed by atoms with Gasteiger partial charge in [0.1, 0.15) is 18.0 Å². The molecule has 0 aromatic carbocycles. The highest BCUT2D eigenvalue weighted by atomic mass is 16.3. The number of aliphatic hydroxyl groups excluding tert-OH is 1. The predicted molar refractivity (Wildman–Crippen MR) is 69.8 cm³/mol. The molecule has 0 aliphatic carbocycles. The number of nitrogen functional groups attached to an aromatic ring is 1. The molecule has 5 heteroatoms. The molecule has 1 atom stereocenters. The molecule has 5 nitrogen and oxygen atoms in total. The van der Waals surface area contributed by atoms with E-state index in [4.69, 9.17) is 10.8 Å². The first-order valence-corrected chi connectivity index (χ1v) is 6.13. The van der Waals surface area contributed by atoms with Crippen molar-refractivity contribution in [3.8, 4) is 0 Å². The van der Waals surface area contributed by atoms with Gasteiger partial charge in [-0.25, -0.2) is 9.97 Å². The number of hydrogen-bond donors (Lipinski definition) is 3. The van der Waals surface area contributed by atoms with E-state index >= 15 is 0 Å². The average Bonchev–Trinajstić information content (AvgIpc) is 2.34.